The highest BCUT2D eigenvalue weighted by molar-refractivity contribution is 5.89. The first-order valence-corrected chi connectivity index (χ1v) is 10.0. The molecule has 0 aromatic carbocycles. The Kier molecular flexibility index (Phi) is 5.06. The van der Waals surface area contributed by atoms with Crippen molar-refractivity contribution in [2.45, 2.75) is 44.6 Å². The number of alkyl halides is 1. The quantitative estimate of drug-likeness (QED) is 0.799. The van der Waals surface area contributed by atoms with Gasteiger partial charge < -0.3 is 15.7 Å². The molecule has 6 nitrogen and oxygen atoms in total. The zero-order valence-electron chi connectivity index (χ0n) is 16.3. The summed E-state index contributed by atoms with van der Waals surface area (Å²) >= 11 is 0. The molecule has 3 heterocycles. The van der Waals surface area contributed by atoms with Gasteiger partial charge in [-0.3, -0.25) is 13.6 Å². The van der Waals surface area contributed by atoms with E-state index in [-0.39, 0.29) is 23.4 Å². The van der Waals surface area contributed by atoms with E-state index in [0.717, 1.165) is 29.0 Å². The van der Waals surface area contributed by atoms with Gasteiger partial charge in [0.05, 0.1) is 24.1 Å². The van der Waals surface area contributed by atoms with Crippen molar-refractivity contribution in [1.82, 2.24) is 4.40 Å². The molecule has 0 amide bonds. The molecular weight excluding hydrogens is 380 g/mol. The van der Waals surface area contributed by atoms with Crippen LogP contribution in [0.3, 0.4) is 0 Å². The number of aromatic nitrogens is 1. The molecule has 4 rings (SSSR count). The van der Waals surface area contributed by atoms with Crippen molar-refractivity contribution < 1.29 is 18.7 Å². The third-order valence-electron chi connectivity index (χ3n) is 6.29. The van der Waals surface area contributed by atoms with Gasteiger partial charge in [0.2, 0.25) is 0 Å². The summed E-state index contributed by atoms with van der Waals surface area (Å²) in [6.07, 6.45) is 4.01. The molecule has 1 unspecified atom stereocenters. The average Bonchev–Trinajstić information content (AvgIpc) is 3.49. The highest BCUT2D eigenvalue weighted by Crippen LogP contribution is 2.44. The third kappa shape index (κ3) is 3.39. The van der Waals surface area contributed by atoms with Crippen LogP contribution in [0.4, 0.5) is 14.5 Å². The third-order valence-corrected chi connectivity index (χ3v) is 6.29. The number of carbonyl (C=O) groups is 1. The van der Waals surface area contributed by atoms with Crippen molar-refractivity contribution >= 4 is 17.2 Å². The zero-order valence-corrected chi connectivity index (χ0v) is 16.3. The first kappa shape index (κ1) is 19.8. The molecule has 0 spiro atoms. The fraction of sp³-hybridized carbons (Fsp3) is 0.524. The van der Waals surface area contributed by atoms with E-state index < -0.39 is 24.0 Å². The standard InChI is InChI=1S/C21H25F2N3O3/c1-11-18-14(12-2-3-12)8-15(21(28)29)20(27)26(18)9-16(23)19(11)25-7-5-13(4-6-22)17(24)10-25/h8-9,12-13,17H,2-7,10,24H2,1H3,(H,28,29)/t13?,17-/m1/s1. The van der Waals surface area contributed by atoms with Crippen molar-refractivity contribution in [2.75, 3.05) is 24.7 Å². The second-order valence-corrected chi connectivity index (χ2v) is 8.20. The number of nitrogens with zero attached hydrogens (tertiary/aromatic N) is 2. The number of nitrogens with two attached hydrogens (primary N) is 1. The van der Waals surface area contributed by atoms with E-state index in [1.165, 1.54) is 6.07 Å². The van der Waals surface area contributed by atoms with Crippen molar-refractivity contribution in [3.63, 3.8) is 0 Å². The van der Waals surface area contributed by atoms with E-state index in [0.29, 0.717) is 42.7 Å². The van der Waals surface area contributed by atoms with Crippen LogP contribution in [0.1, 0.15) is 53.1 Å². The van der Waals surface area contributed by atoms with Crippen molar-refractivity contribution in [3.8, 4) is 0 Å². The molecule has 1 saturated carbocycles. The second kappa shape index (κ2) is 7.40. The molecule has 0 bridgehead atoms. The minimum absolute atomic E-state index is 0.0721. The summed E-state index contributed by atoms with van der Waals surface area (Å²) in [5, 5.41) is 9.39. The van der Waals surface area contributed by atoms with Crippen LogP contribution < -0.4 is 16.2 Å². The highest BCUT2D eigenvalue weighted by Gasteiger charge is 2.32. The van der Waals surface area contributed by atoms with Crippen LogP contribution in [0.2, 0.25) is 0 Å². The van der Waals surface area contributed by atoms with E-state index in [4.69, 9.17) is 5.73 Å². The van der Waals surface area contributed by atoms with Gasteiger partial charge >= 0.3 is 5.97 Å². The SMILES string of the molecule is Cc1c(N2CCC(CCF)[C@H](N)C2)c(F)cn2c(=O)c(C(=O)O)cc(C3CC3)c12. The second-order valence-electron chi connectivity index (χ2n) is 8.20. The van der Waals surface area contributed by atoms with Gasteiger partial charge in [0.25, 0.3) is 5.56 Å². The van der Waals surface area contributed by atoms with Crippen molar-refractivity contribution in [3.05, 3.63) is 45.1 Å². The van der Waals surface area contributed by atoms with Crippen LogP contribution in [0.15, 0.2) is 17.1 Å². The Hall–Kier alpha value is -2.48. The maximum absolute atomic E-state index is 15.1. The molecule has 156 valence electrons. The number of carboxylic acids is 1. The largest absolute Gasteiger partial charge is 0.477 e. The van der Waals surface area contributed by atoms with Crippen LogP contribution in [-0.4, -0.2) is 41.3 Å². The highest BCUT2D eigenvalue weighted by atomic mass is 19.1. The number of aryl methyl sites for hydroxylation is 1. The van der Waals surface area contributed by atoms with Gasteiger partial charge in [0.15, 0.2) is 5.82 Å². The Labute approximate surface area is 166 Å². The number of aromatic carboxylic acids is 1. The van der Waals surface area contributed by atoms with E-state index in [1.54, 1.807) is 6.92 Å². The molecule has 29 heavy (non-hydrogen) atoms. The fourth-order valence-electron chi connectivity index (χ4n) is 4.62. The van der Waals surface area contributed by atoms with Crippen LogP contribution in [0.25, 0.3) is 5.52 Å². The summed E-state index contributed by atoms with van der Waals surface area (Å²) < 4.78 is 29.0. The van der Waals surface area contributed by atoms with Crippen LogP contribution >= 0.6 is 0 Å². The predicted octanol–water partition coefficient (Wildman–Crippen LogP) is 2.84. The fourth-order valence-corrected chi connectivity index (χ4v) is 4.62. The van der Waals surface area contributed by atoms with Gasteiger partial charge in [-0.25, -0.2) is 9.18 Å². The molecule has 2 aromatic rings. The summed E-state index contributed by atoms with van der Waals surface area (Å²) in [6.45, 7) is 2.32. The van der Waals surface area contributed by atoms with Gasteiger partial charge in [0, 0.05) is 19.1 Å². The Morgan fingerprint density at radius 2 is 2.07 bits per heavy atom. The molecule has 2 aromatic heterocycles. The lowest BCUT2D eigenvalue weighted by Gasteiger charge is -2.38. The average molecular weight is 405 g/mol. The Bertz CT molecular complexity index is 1030. The van der Waals surface area contributed by atoms with Gasteiger partial charge in [-0.2, -0.15) is 0 Å². The van der Waals surface area contributed by atoms with E-state index in [9.17, 15) is 19.1 Å². The first-order valence-electron chi connectivity index (χ1n) is 10.0. The number of piperidine rings is 1. The minimum atomic E-state index is -1.31. The maximum atomic E-state index is 15.1. The van der Waals surface area contributed by atoms with Gasteiger partial charge in [-0.15, -0.1) is 0 Å². The van der Waals surface area contributed by atoms with Crippen LogP contribution in [-0.2, 0) is 0 Å². The number of halogens is 2. The number of pyridine rings is 2. The number of anilines is 1. The van der Waals surface area contributed by atoms with Gasteiger partial charge in [-0.05, 0) is 61.6 Å². The first-order chi connectivity index (χ1) is 13.8. The van der Waals surface area contributed by atoms with E-state index >= 15 is 4.39 Å². The number of rotatable bonds is 5. The Balaban J connectivity index is 1.85. The van der Waals surface area contributed by atoms with Crippen molar-refractivity contribution in [1.29, 1.82) is 0 Å². The molecular formula is C21H25F2N3O3. The van der Waals surface area contributed by atoms with Crippen LogP contribution in [0, 0.1) is 18.7 Å². The number of fused-ring (bicyclic) bond motifs is 1. The monoisotopic (exact) mass is 405 g/mol. The topological polar surface area (TPSA) is 88.0 Å². The molecule has 3 N–H and O–H groups in total. The Morgan fingerprint density at radius 3 is 2.66 bits per heavy atom. The summed E-state index contributed by atoms with van der Waals surface area (Å²) in [5.74, 6) is -1.65. The molecule has 1 saturated heterocycles. The lowest BCUT2D eigenvalue weighted by atomic mass is 9.89. The minimum Gasteiger partial charge on any atom is -0.477 e. The van der Waals surface area contributed by atoms with Gasteiger partial charge in [0.1, 0.15) is 5.56 Å². The molecule has 2 atom stereocenters. The maximum Gasteiger partial charge on any atom is 0.341 e. The number of carboxylic acid groups (broad SMARTS) is 1. The predicted molar refractivity (Wildman–Crippen MR) is 106 cm³/mol. The molecule has 1 aliphatic carbocycles. The lowest BCUT2D eigenvalue weighted by molar-refractivity contribution is 0.0694. The molecule has 2 aliphatic rings. The summed E-state index contributed by atoms with van der Waals surface area (Å²) in [4.78, 5) is 26.1. The van der Waals surface area contributed by atoms with Crippen molar-refractivity contribution in [2.24, 2.45) is 11.7 Å². The lowest BCUT2D eigenvalue weighted by Crippen LogP contribution is -2.49. The summed E-state index contributed by atoms with van der Waals surface area (Å²) in [5.41, 5.74) is 7.50. The summed E-state index contributed by atoms with van der Waals surface area (Å²) in [6, 6.07) is 1.19. The van der Waals surface area contributed by atoms with Crippen LogP contribution in [0.5, 0.6) is 0 Å². The smallest absolute Gasteiger partial charge is 0.341 e. The molecule has 1 aliphatic heterocycles. The van der Waals surface area contributed by atoms with Gasteiger partial charge in [-0.1, -0.05) is 0 Å². The summed E-state index contributed by atoms with van der Waals surface area (Å²) in [7, 11) is 0. The number of hydrogen-bond acceptors (Lipinski definition) is 4. The molecule has 2 fully saturated rings. The Morgan fingerprint density at radius 1 is 1.34 bits per heavy atom. The van der Waals surface area contributed by atoms with E-state index in [1.807, 2.05) is 4.90 Å². The molecule has 8 heteroatoms. The normalized spacial score (nSPS) is 22.3. The zero-order chi connectivity index (χ0) is 20.9. The van der Waals surface area contributed by atoms with E-state index in [2.05, 4.69) is 0 Å². The number of hydrogen-bond donors (Lipinski definition) is 2. The molecule has 0 radical (unpaired) electrons.